The maximum Gasteiger partial charge on any atom is 0.339 e. The number of methoxy groups -OCH3 is 1. The molecule has 3 amide bonds. The van der Waals surface area contributed by atoms with E-state index in [1.807, 2.05) is 0 Å². The molecule has 0 aromatic heterocycles. The SMILES string of the molecule is COC(=O)c1cc(O)c(O)c([N+](=O)[O-])c1C(=O)N(C)C(=O)NC1CC1. The number of rotatable bonds is 4. The number of phenolic OH excluding ortho intramolecular Hbond substituents is 2. The van der Waals surface area contributed by atoms with Crippen LogP contribution in [0, 0.1) is 10.1 Å². The van der Waals surface area contributed by atoms with Crippen LogP contribution < -0.4 is 5.32 Å². The summed E-state index contributed by atoms with van der Waals surface area (Å²) in [5, 5.41) is 33.1. The van der Waals surface area contributed by atoms with Crippen molar-refractivity contribution < 1.29 is 34.3 Å². The molecule has 0 bridgehead atoms. The monoisotopic (exact) mass is 353 g/mol. The van der Waals surface area contributed by atoms with Gasteiger partial charge in [0.2, 0.25) is 5.75 Å². The van der Waals surface area contributed by atoms with Gasteiger partial charge in [-0.25, -0.2) is 9.59 Å². The van der Waals surface area contributed by atoms with Gasteiger partial charge in [-0.3, -0.25) is 19.8 Å². The fourth-order valence-electron chi connectivity index (χ4n) is 2.07. The number of hydrogen-bond acceptors (Lipinski definition) is 8. The van der Waals surface area contributed by atoms with E-state index in [4.69, 9.17) is 0 Å². The van der Waals surface area contributed by atoms with Gasteiger partial charge in [0.1, 0.15) is 5.56 Å². The molecule has 2 rings (SSSR count). The zero-order valence-electron chi connectivity index (χ0n) is 13.3. The van der Waals surface area contributed by atoms with Crippen LogP contribution in [0.1, 0.15) is 33.6 Å². The number of phenols is 2. The van der Waals surface area contributed by atoms with E-state index in [-0.39, 0.29) is 6.04 Å². The van der Waals surface area contributed by atoms with E-state index in [2.05, 4.69) is 10.1 Å². The summed E-state index contributed by atoms with van der Waals surface area (Å²) in [7, 11) is 2.03. The lowest BCUT2D eigenvalue weighted by molar-refractivity contribution is -0.386. The normalized spacial score (nSPS) is 13.0. The van der Waals surface area contributed by atoms with Crippen molar-refractivity contribution in [2.45, 2.75) is 18.9 Å². The highest BCUT2D eigenvalue weighted by Gasteiger charge is 2.37. The minimum absolute atomic E-state index is 0.0777. The third-order valence-electron chi connectivity index (χ3n) is 3.57. The van der Waals surface area contributed by atoms with Crippen LogP contribution in [0.4, 0.5) is 10.5 Å². The molecule has 1 aliphatic rings. The van der Waals surface area contributed by atoms with E-state index in [1.54, 1.807) is 0 Å². The van der Waals surface area contributed by atoms with Crippen molar-refractivity contribution in [2.75, 3.05) is 14.2 Å². The molecule has 0 unspecified atom stereocenters. The number of nitrogens with zero attached hydrogens (tertiary/aromatic N) is 2. The zero-order chi connectivity index (χ0) is 18.9. The lowest BCUT2D eigenvalue weighted by Gasteiger charge is -2.18. The molecule has 1 aliphatic carbocycles. The largest absolute Gasteiger partial charge is 0.504 e. The first-order valence-electron chi connectivity index (χ1n) is 7.09. The molecule has 11 nitrogen and oxygen atoms in total. The third kappa shape index (κ3) is 3.44. The maximum absolute atomic E-state index is 12.6. The molecular formula is C14H15N3O8. The summed E-state index contributed by atoms with van der Waals surface area (Å²) in [6.45, 7) is 0. The van der Waals surface area contributed by atoms with Gasteiger partial charge in [0.05, 0.1) is 17.6 Å². The maximum atomic E-state index is 12.6. The highest BCUT2D eigenvalue weighted by molar-refractivity contribution is 6.13. The molecule has 0 atom stereocenters. The number of amides is 3. The van der Waals surface area contributed by atoms with Gasteiger partial charge in [0.25, 0.3) is 5.91 Å². The first-order chi connectivity index (χ1) is 11.7. The van der Waals surface area contributed by atoms with Crippen molar-refractivity contribution in [2.24, 2.45) is 0 Å². The Morgan fingerprint density at radius 2 is 1.96 bits per heavy atom. The molecule has 3 N–H and O–H groups in total. The van der Waals surface area contributed by atoms with Gasteiger partial charge >= 0.3 is 17.7 Å². The van der Waals surface area contributed by atoms with Gasteiger partial charge in [-0.2, -0.15) is 0 Å². The van der Waals surface area contributed by atoms with Crippen molar-refractivity contribution in [3.63, 3.8) is 0 Å². The van der Waals surface area contributed by atoms with Crippen LogP contribution in [-0.2, 0) is 4.74 Å². The van der Waals surface area contributed by atoms with Crippen molar-refractivity contribution >= 4 is 23.6 Å². The van der Waals surface area contributed by atoms with Gasteiger partial charge in [0.15, 0.2) is 5.75 Å². The lowest BCUT2D eigenvalue weighted by Crippen LogP contribution is -2.42. The highest BCUT2D eigenvalue weighted by Crippen LogP contribution is 2.40. The molecule has 25 heavy (non-hydrogen) atoms. The fraction of sp³-hybridized carbons (Fsp3) is 0.357. The first kappa shape index (κ1) is 18.0. The van der Waals surface area contributed by atoms with Gasteiger partial charge < -0.3 is 20.3 Å². The average molecular weight is 353 g/mol. The van der Waals surface area contributed by atoms with Crippen LogP contribution in [0.15, 0.2) is 6.07 Å². The first-order valence-corrected chi connectivity index (χ1v) is 7.09. The number of hydrogen-bond donors (Lipinski definition) is 3. The number of nitrogens with one attached hydrogen (secondary N) is 1. The predicted octanol–water partition coefficient (Wildman–Crippen LogP) is 0.737. The number of ether oxygens (including phenoxy) is 1. The molecule has 0 heterocycles. The Morgan fingerprint density at radius 3 is 2.44 bits per heavy atom. The van der Waals surface area contributed by atoms with Gasteiger partial charge in [-0.15, -0.1) is 0 Å². The summed E-state index contributed by atoms with van der Waals surface area (Å²) in [4.78, 5) is 47.1. The summed E-state index contributed by atoms with van der Waals surface area (Å²) in [6.07, 6.45) is 1.50. The van der Waals surface area contributed by atoms with Crippen LogP contribution in [0.5, 0.6) is 11.5 Å². The summed E-state index contributed by atoms with van der Waals surface area (Å²) in [5.41, 5.74) is -2.71. The van der Waals surface area contributed by atoms with Crippen LogP contribution in [0.2, 0.25) is 0 Å². The van der Waals surface area contributed by atoms with E-state index in [0.717, 1.165) is 27.0 Å². The number of aromatic hydroxyl groups is 2. The van der Waals surface area contributed by atoms with E-state index in [1.165, 1.54) is 0 Å². The number of nitro benzene ring substituents is 1. The minimum atomic E-state index is -1.21. The second-order valence-corrected chi connectivity index (χ2v) is 5.35. The molecule has 0 spiro atoms. The van der Waals surface area contributed by atoms with E-state index in [9.17, 15) is 34.7 Å². The van der Waals surface area contributed by atoms with E-state index >= 15 is 0 Å². The highest BCUT2D eigenvalue weighted by atomic mass is 16.6. The number of nitro groups is 1. The molecule has 1 fully saturated rings. The third-order valence-corrected chi connectivity index (χ3v) is 3.57. The second kappa shape index (κ2) is 6.63. The number of esters is 1. The Balaban J connectivity index is 2.57. The Hall–Kier alpha value is -3.37. The zero-order valence-corrected chi connectivity index (χ0v) is 13.3. The van der Waals surface area contributed by atoms with Gasteiger partial charge in [0, 0.05) is 13.1 Å². The van der Waals surface area contributed by atoms with Crippen LogP contribution in [0.25, 0.3) is 0 Å². The molecule has 0 saturated heterocycles. The quantitative estimate of drug-likeness (QED) is 0.309. The summed E-state index contributed by atoms with van der Waals surface area (Å²) < 4.78 is 4.45. The number of imide groups is 1. The van der Waals surface area contributed by atoms with E-state index < -0.39 is 51.1 Å². The van der Waals surface area contributed by atoms with Crippen molar-refractivity contribution in [1.82, 2.24) is 10.2 Å². The summed E-state index contributed by atoms with van der Waals surface area (Å²) in [5.74, 6) is -4.54. The van der Waals surface area contributed by atoms with Crippen LogP contribution in [0.3, 0.4) is 0 Å². The van der Waals surface area contributed by atoms with Gasteiger partial charge in [-0.05, 0) is 18.9 Å². The smallest absolute Gasteiger partial charge is 0.339 e. The summed E-state index contributed by atoms with van der Waals surface area (Å²) >= 11 is 0. The van der Waals surface area contributed by atoms with Crippen LogP contribution >= 0.6 is 0 Å². The molecule has 0 radical (unpaired) electrons. The topological polar surface area (TPSA) is 159 Å². The van der Waals surface area contributed by atoms with Crippen LogP contribution in [-0.4, -0.2) is 58.1 Å². The van der Waals surface area contributed by atoms with E-state index in [0.29, 0.717) is 11.0 Å². The Bertz CT molecular complexity index is 772. The molecule has 0 aliphatic heterocycles. The van der Waals surface area contributed by atoms with Crippen molar-refractivity contribution in [3.8, 4) is 11.5 Å². The average Bonchev–Trinajstić information content (AvgIpc) is 3.38. The molecule has 134 valence electrons. The Kier molecular flexibility index (Phi) is 4.77. The standard InChI is InChI=1S/C14H15N3O8/c1-16(14(22)15-6-3-4-6)12(20)9-7(13(21)25-2)5-8(18)11(19)10(9)17(23)24/h5-6,18-19H,3-4H2,1-2H3,(H,15,22). The van der Waals surface area contributed by atoms with Crippen molar-refractivity contribution in [1.29, 1.82) is 0 Å². The number of carbonyl (C=O) groups excluding carboxylic acids is 3. The molecule has 1 aromatic carbocycles. The summed E-state index contributed by atoms with van der Waals surface area (Å²) in [6, 6.07) is -0.232. The Morgan fingerprint density at radius 1 is 1.36 bits per heavy atom. The second-order valence-electron chi connectivity index (χ2n) is 5.35. The Labute approximate surface area is 140 Å². The van der Waals surface area contributed by atoms with Gasteiger partial charge in [-0.1, -0.05) is 0 Å². The predicted molar refractivity (Wildman–Crippen MR) is 81.4 cm³/mol. The number of benzene rings is 1. The fourth-order valence-corrected chi connectivity index (χ4v) is 2.07. The molecular weight excluding hydrogens is 338 g/mol. The number of urea groups is 1. The van der Waals surface area contributed by atoms with Crippen molar-refractivity contribution in [3.05, 3.63) is 27.3 Å². The molecule has 11 heteroatoms. The molecule has 1 aromatic rings. The number of carbonyl (C=O) groups is 3. The molecule has 1 saturated carbocycles. The lowest BCUT2D eigenvalue weighted by atomic mass is 10.0. The minimum Gasteiger partial charge on any atom is -0.504 e.